The van der Waals surface area contributed by atoms with Gasteiger partial charge in [-0.2, -0.15) is 0 Å². The highest BCUT2D eigenvalue weighted by Gasteiger charge is 2.27. The number of aromatic nitrogens is 3. The third kappa shape index (κ3) is 4.71. The number of rotatable bonds is 5. The van der Waals surface area contributed by atoms with E-state index in [0.717, 1.165) is 28.0 Å². The summed E-state index contributed by atoms with van der Waals surface area (Å²) in [6.07, 6.45) is 0. The maximum Gasteiger partial charge on any atom is 0.325 e. The van der Waals surface area contributed by atoms with E-state index in [1.165, 1.54) is 7.11 Å². The Labute approximate surface area is 160 Å². The molecule has 27 heavy (non-hydrogen) atoms. The van der Waals surface area contributed by atoms with Gasteiger partial charge in [-0.25, -0.2) is 9.97 Å². The molecule has 0 aliphatic rings. The molecule has 0 radical (unpaired) electrons. The second-order valence-electron chi connectivity index (χ2n) is 6.53. The van der Waals surface area contributed by atoms with Crippen LogP contribution in [0.1, 0.15) is 39.1 Å². The Morgan fingerprint density at radius 2 is 1.85 bits per heavy atom. The van der Waals surface area contributed by atoms with E-state index < -0.39 is 5.54 Å². The first-order chi connectivity index (χ1) is 12.9. The second-order valence-corrected chi connectivity index (χ2v) is 6.53. The van der Waals surface area contributed by atoms with Gasteiger partial charge in [-0.05, 0) is 26.8 Å². The average Bonchev–Trinajstić information content (AvgIpc) is 3.12. The lowest BCUT2D eigenvalue weighted by Gasteiger charge is -2.22. The molecule has 6 nitrogen and oxygen atoms in total. The number of fused-ring (bicyclic) bond motifs is 1. The van der Waals surface area contributed by atoms with Crippen molar-refractivity contribution in [3.05, 3.63) is 47.8 Å². The van der Waals surface area contributed by atoms with E-state index in [1.807, 2.05) is 57.2 Å². The number of H-pyrrole nitrogens is 1. The van der Waals surface area contributed by atoms with Crippen LogP contribution in [-0.4, -0.2) is 33.6 Å². The molecular weight excluding hydrogens is 340 g/mol. The van der Waals surface area contributed by atoms with Crippen LogP contribution < -0.4 is 5.32 Å². The molecule has 0 spiro atoms. The first kappa shape index (κ1) is 20.6. The fourth-order valence-corrected chi connectivity index (χ4v) is 2.67. The Hall–Kier alpha value is -2.73. The molecule has 0 aliphatic carbocycles. The number of hydrogen-bond donors (Lipinski definition) is 2. The van der Waals surface area contributed by atoms with Crippen LogP contribution in [0.25, 0.3) is 22.4 Å². The number of ether oxygens (including phenoxy) is 1. The topological polar surface area (TPSA) is 79.9 Å². The third-order valence-electron chi connectivity index (χ3n) is 4.18. The lowest BCUT2D eigenvalue weighted by atomic mass is 10.1. The van der Waals surface area contributed by atoms with Crippen molar-refractivity contribution in [1.29, 1.82) is 0 Å². The summed E-state index contributed by atoms with van der Waals surface area (Å²) in [7, 11) is 1.39. The smallest absolute Gasteiger partial charge is 0.325 e. The van der Waals surface area contributed by atoms with Crippen molar-refractivity contribution in [3.63, 3.8) is 0 Å². The van der Waals surface area contributed by atoms with E-state index in [1.54, 1.807) is 13.8 Å². The molecule has 3 aromatic rings. The minimum atomic E-state index is -0.762. The Morgan fingerprint density at radius 3 is 2.48 bits per heavy atom. The van der Waals surface area contributed by atoms with Gasteiger partial charge in [0, 0.05) is 23.2 Å². The quantitative estimate of drug-likeness (QED) is 0.665. The van der Waals surface area contributed by atoms with Crippen molar-refractivity contribution in [3.8, 4) is 11.4 Å². The standard InChI is InChI=1S/C19H22N4O2.C2H6/c1-12-15-10-14(11-20-19(2,3)18(24)25-4)22-17(15)23-16(21-12)13-8-6-5-7-9-13;1-2/h5-10,20H,11H2,1-4H3,(H,21,22,23);1-2H3. The Bertz CT molecular complexity index is 901. The molecule has 0 amide bonds. The maximum atomic E-state index is 11.8. The van der Waals surface area contributed by atoms with Gasteiger partial charge in [-0.1, -0.05) is 44.2 Å². The number of aromatic amines is 1. The van der Waals surface area contributed by atoms with Gasteiger partial charge in [0.05, 0.1) is 12.8 Å². The van der Waals surface area contributed by atoms with Gasteiger partial charge in [0.2, 0.25) is 0 Å². The predicted octanol–water partition coefficient (Wildman–Crippen LogP) is 4.00. The SMILES string of the molecule is CC.COC(=O)C(C)(C)NCc1cc2c(C)nc(-c3ccccc3)nc2[nH]1. The van der Waals surface area contributed by atoms with Crippen molar-refractivity contribution in [1.82, 2.24) is 20.3 Å². The summed E-state index contributed by atoms with van der Waals surface area (Å²) in [6, 6.07) is 11.9. The Morgan fingerprint density at radius 1 is 1.19 bits per heavy atom. The minimum Gasteiger partial charge on any atom is -0.468 e. The summed E-state index contributed by atoms with van der Waals surface area (Å²) >= 11 is 0. The highest BCUT2D eigenvalue weighted by Crippen LogP contribution is 2.22. The van der Waals surface area contributed by atoms with Crippen LogP contribution in [0.4, 0.5) is 0 Å². The van der Waals surface area contributed by atoms with Gasteiger partial charge in [-0.3, -0.25) is 10.1 Å². The van der Waals surface area contributed by atoms with E-state index >= 15 is 0 Å². The maximum absolute atomic E-state index is 11.8. The monoisotopic (exact) mass is 368 g/mol. The van der Waals surface area contributed by atoms with Gasteiger partial charge < -0.3 is 9.72 Å². The zero-order valence-corrected chi connectivity index (χ0v) is 16.9. The molecule has 1 aromatic carbocycles. The average molecular weight is 368 g/mol. The molecule has 0 atom stereocenters. The van der Waals surface area contributed by atoms with Gasteiger partial charge in [0.1, 0.15) is 11.2 Å². The summed E-state index contributed by atoms with van der Waals surface area (Å²) in [4.78, 5) is 24.3. The number of methoxy groups -OCH3 is 1. The van der Waals surface area contributed by atoms with Crippen molar-refractivity contribution in [2.75, 3.05) is 7.11 Å². The molecule has 0 fully saturated rings. The molecular formula is C21H28N4O2. The fraction of sp³-hybridized carbons (Fsp3) is 0.381. The molecule has 2 aromatic heterocycles. The molecule has 3 rings (SSSR count). The first-order valence-corrected chi connectivity index (χ1v) is 9.16. The normalized spacial score (nSPS) is 11.0. The molecule has 0 saturated carbocycles. The lowest BCUT2D eigenvalue weighted by Crippen LogP contribution is -2.47. The summed E-state index contributed by atoms with van der Waals surface area (Å²) in [6.45, 7) is 10.1. The van der Waals surface area contributed by atoms with Gasteiger partial charge in [0.25, 0.3) is 0 Å². The van der Waals surface area contributed by atoms with Crippen molar-refractivity contribution in [2.24, 2.45) is 0 Å². The van der Waals surface area contributed by atoms with Gasteiger partial charge >= 0.3 is 5.97 Å². The van der Waals surface area contributed by atoms with Crippen molar-refractivity contribution < 1.29 is 9.53 Å². The molecule has 0 saturated heterocycles. The number of benzene rings is 1. The molecule has 6 heteroatoms. The van der Waals surface area contributed by atoms with Crippen molar-refractivity contribution >= 4 is 17.0 Å². The van der Waals surface area contributed by atoms with Crippen LogP contribution in [0.5, 0.6) is 0 Å². The number of carbonyl (C=O) groups is 1. The number of carbonyl (C=O) groups excluding carboxylic acids is 1. The number of nitrogens with one attached hydrogen (secondary N) is 2. The van der Waals surface area contributed by atoms with Crippen LogP contribution in [0, 0.1) is 6.92 Å². The molecule has 0 unspecified atom stereocenters. The number of hydrogen-bond acceptors (Lipinski definition) is 5. The first-order valence-electron chi connectivity index (χ1n) is 9.16. The largest absolute Gasteiger partial charge is 0.468 e. The lowest BCUT2D eigenvalue weighted by molar-refractivity contribution is -0.147. The van der Waals surface area contributed by atoms with Crippen LogP contribution >= 0.6 is 0 Å². The summed E-state index contributed by atoms with van der Waals surface area (Å²) in [5, 5.41) is 4.18. The molecule has 2 heterocycles. The summed E-state index contributed by atoms with van der Waals surface area (Å²) in [5.74, 6) is 0.396. The van der Waals surface area contributed by atoms with Crippen LogP contribution in [0.15, 0.2) is 36.4 Å². The molecule has 2 N–H and O–H groups in total. The van der Waals surface area contributed by atoms with Crippen molar-refractivity contribution in [2.45, 2.75) is 46.7 Å². The van der Waals surface area contributed by atoms with Gasteiger partial charge in [-0.15, -0.1) is 0 Å². The van der Waals surface area contributed by atoms with E-state index in [2.05, 4.69) is 20.3 Å². The molecule has 0 aliphatic heterocycles. The van der Waals surface area contributed by atoms with Crippen LogP contribution in [-0.2, 0) is 16.1 Å². The second kappa shape index (κ2) is 8.77. The van der Waals surface area contributed by atoms with E-state index in [-0.39, 0.29) is 5.97 Å². The minimum absolute atomic E-state index is 0.300. The number of nitrogens with zero attached hydrogens (tertiary/aromatic N) is 2. The molecule has 144 valence electrons. The van der Waals surface area contributed by atoms with E-state index in [4.69, 9.17) is 4.74 Å². The Kier molecular flexibility index (Phi) is 6.69. The van der Waals surface area contributed by atoms with Crippen LogP contribution in [0.3, 0.4) is 0 Å². The molecule has 0 bridgehead atoms. The Balaban J connectivity index is 0.00000126. The summed E-state index contributed by atoms with van der Waals surface area (Å²) < 4.78 is 4.81. The van der Waals surface area contributed by atoms with Gasteiger partial charge in [0.15, 0.2) is 5.82 Å². The number of esters is 1. The fourth-order valence-electron chi connectivity index (χ4n) is 2.67. The number of aryl methyl sites for hydroxylation is 1. The van der Waals surface area contributed by atoms with E-state index in [0.29, 0.717) is 12.4 Å². The highest BCUT2D eigenvalue weighted by atomic mass is 16.5. The zero-order valence-electron chi connectivity index (χ0n) is 16.9. The third-order valence-corrected chi connectivity index (χ3v) is 4.18. The summed E-state index contributed by atoms with van der Waals surface area (Å²) in [5.41, 5.74) is 2.86. The van der Waals surface area contributed by atoms with Crippen LogP contribution in [0.2, 0.25) is 0 Å². The zero-order chi connectivity index (χ0) is 20.0. The predicted molar refractivity (Wildman–Crippen MR) is 108 cm³/mol. The van der Waals surface area contributed by atoms with E-state index in [9.17, 15) is 4.79 Å². The highest BCUT2D eigenvalue weighted by molar-refractivity contribution is 5.81.